The van der Waals surface area contributed by atoms with E-state index in [1.807, 2.05) is 0 Å². The molecule has 0 heterocycles. The minimum absolute atomic E-state index is 0.251. The average molecular weight is 411 g/mol. The van der Waals surface area contributed by atoms with E-state index in [2.05, 4.69) is 15.9 Å². The largest absolute Gasteiger partial charge is 0.493 e. The number of ether oxygens (including phenoxy) is 5. The SMILES string of the molecule is COc1ccc(C(=O)c2cc(Br)c(OC)c(OC)c2OC)cc1OC. The molecule has 2 rings (SSSR count). The summed E-state index contributed by atoms with van der Waals surface area (Å²) in [7, 11) is 7.51. The van der Waals surface area contributed by atoms with Crippen LogP contribution in [0.1, 0.15) is 15.9 Å². The zero-order chi connectivity index (χ0) is 18.6. The summed E-state index contributed by atoms with van der Waals surface area (Å²) < 4.78 is 27.1. The van der Waals surface area contributed by atoms with Crippen LogP contribution in [0.2, 0.25) is 0 Å². The number of carbonyl (C=O) groups is 1. The zero-order valence-corrected chi connectivity index (χ0v) is 16.2. The Bertz CT molecular complexity index is 788. The van der Waals surface area contributed by atoms with Crippen molar-refractivity contribution in [2.75, 3.05) is 35.5 Å². The predicted octanol–water partition coefficient (Wildman–Crippen LogP) is 3.72. The molecule has 2 aromatic rings. The Kier molecular flexibility index (Phi) is 6.14. The molecule has 0 aliphatic heterocycles. The van der Waals surface area contributed by atoms with E-state index in [4.69, 9.17) is 23.7 Å². The summed E-state index contributed by atoms with van der Waals surface area (Å²) in [5, 5.41) is 0. The van der Waals surface area contributed by atoms with Gasteiger partial charge in [-0.25, -0.2) is 0 Å². The van der Waals surface area contributed by atoms with Gasteiger partial charge in [-0.2, -0.15) is 0 Å². The Labute approximate surface area is 154 Å². The standard InChI is InChI=1S/C18H19BrO6/c1-21-13-7-6-10(8-14(13)22-2)15(20)11-9-12(19)17(24-4)18(25-5)16(11)23-3/h6-9H,1-5H3. The molecule has 2 aromatic carbocycles. The number of halogens is 1. The van der Waals surface area contributed by atoms with Gasteiger partial charge in [0.2, 0.25) is 5.75 Å². The molecule has 0 bridgehead atoms. The van der Waals surface area contributed by atoms with Crippen LogP contribution in [0.4, 0.5) is 0 Å². The molecule has 6 nitrogen and oxygen atoms in total. The Morgan fingerprint density at radius 1 is 0.760 bits per heavy atom. The fraction of sp³-hybridized carbons (Fsp3) is 0.278. The lowest BCUT2D eigenvalue weighted by molar-refractivity contribution is 0.103. The molecule has 0 aliphatic carbocycles. The van der Waals surface area contributed by atoms with E-state index in [1.165, 1.54) is 35.5 Å². The Hall–Kier alpha value is -2.41. The molecule has 0 spiro atoms. The summed E-state index contributed by atoms with van der Waals surface area (Å²) in [6.07, 6.45) is 0. The van der Waals surface area contributed by atoms with Gasteiger partial charge < -0.3 is 23.7 Å². The van der Waals surface area contributed by atoms with Crippen molar-refractivity contribution in [2.24, 2.45) is 0 Å². The molecular formula is C18H19BrO6. The first-order valence-electron chi connectivity index (χ1n) is 7.27. The van der Waals surface area contributed by atoms with Crippen molar-refractivity contribution in [3.8, 4) is 28.7 Å². The minimum Gasteiger partial charge on any atom is -0.493 e. The summed E-state index contributed by atoms with van der Waals surface area (Å²) in [6, 6.07) is 6.59. The van der Waals surface area contributed by atoms with Crippen LogP contribution in [0.3, 0.4) is 0 Å². The third-order valence-electron chi connectivity index (χ3n) is 3.65. The van der Waals surface area contributed by atoms with Crippen molar-refractivity contribution in [1.29, 1.82) is 0 Å². The Balaban J connectivity index is 2.61. The van der Waals surface area contributed by atoms with E-state index in [0.717, 1.165) is 0 Å². The van der Waals surface area contributed by atoms with Gasteiger partial charge in [-0.15, -0.1) is 0 Å². The highest BCUT2D eigenvalue weighted by atomic mass is 79.9. The van der Waals surface area contributed by atoms with E-state index in [9.17, 15) is 4.79 Å². The Morgan fingerprint density at radius 2 is 1.36 bits per heavy atom. The van der Waals surface area contributed by atoms with Crippen molar-refractivity contribution in [1.82, 2.24) is 0 Å². The number of benzene rings is 2. The molecule has 0 atom stereocenters. The van der Waals surface area contributed by atoms with Gasteiger partial charge in [0.05, 0.1) is 45.6 Å². The molecule has 0 saturated carbocycles. The zero-order valence-electron chi connectivity index (χ0n) is 14.6. The monoisotopic (exact) mass is 410 g/mol. The van der Waals surface area contributed by atoms with Crippen LogP contribution in [0.15, 0.2) is 28.7 Å². The number of rotatable bonds is 7. The molecule has 0 amide bonds. The van der Waals surface area contributed by atoms with Crippen LogP contribution < -0.4 is 23.7 Å². The van der Waals surface area contributed by atoms with Crippen molar-refractivity contribution in [3.05, 3.63) is 39.9 Å². The number of ketones is 1. The molecular weight excluding hydrogens is 392 g/mol. The first kappa shape index (κ1) is 18.9. The molecule has 7 heteroatoms. The number of methoxy groups -OCH3 is 5. The van der Waals surface area contributed by atoms with Gasteiger partial charge in [-0.05, 0) is 40.2 Å². The fourth-order valence-electron chi connectivity index (χ4n) is 2.47. The van der Waals surface area contributed by atoms with Crippen LogP contribution in [-0.2, 0) is 0 Å². The summed E-state index contributed by atoms with van der Waals surface area (Å²) in [5.41, 5.74) is 0.759. The normalized spacial score (nSPS) is 10.2. The van der Waals surface area contributed by atoms with E-state index >= 15 is 0 Å². The lowest BCUT2D eigenvalue weighted by Crippen LogP contribution is -2.07. The molecule has 0 N–H and O–H groups in total. The highest BCUT2D eigenvalue weighted by Crippen LogP contribution is 2.45. The van der Waals surface area contributed by atoms with Crippen molar-refractivity contribution in [2.45, 2.75) is 0 Å². The predicted molar refractivity (Wildman–Crippen MR) is 96.8 cm³/mol. The van der Waals surface area contributed by atoms with Crippen LogP contribution in [-0.4, -0.2) is 41.3 Å². The number of carbonyl (C=O) groups excluding carboxylic acids is 1. The van der Waals surface area contributed by atoms with E-state index < -0.39 is 0 Å². The minimum atomic E-state index is -0.251. The van der Waals surface area contributed by atoms with Gasteiger partial charge in [0.1, 0.15) is 0 Å². The van der Waals surface area contributed by atoms with Crippen molar-refractivity contribution >= 4 is 21.7 Å². The van der Waals surface area contributed by atoms with Crippen LogP contribution in [0.25, 0.3) is 0 Å². The maximum absolute atomic E-state index is 13.0. The molecule has 0 fully saturated rings. The van der Waals surface area contributed by atoms with Gasteiger partial charge >= 0.3 is 0 Å². The average Bonchev–Trinajstić information content (AvgIpc) is 2.65. The van der Waals surface area contributed by atoms with Crippen LogP contribution >= 0.6 is 15.9 Å². The molecule has 0 radical (unpaired) electrons. The first-order chi connectivity index (χ1) is 12.0. The second-order valence-electron chi connectivity index (χ2n) is 4.90. The van der Waals surface area contributed by atoms with Gasteiger partial charge in [0, 0.05) is 5.56 Å². The second kappa shape index (κ2) is 8.11. The molecule has 0 aliphatic rings. The quantitative estimate of drug-likeness (QED) is 0.648. The van der Waals surface area contributed by atoms with Crippen LogP contribution in [0, 0.1) is 0 Å². The third-order valence-corrected chi connectivity index (χ3v) is 4.24. The van der Waals surface area contributed by atoms with E-state index in [0.29, 0.717) is 44.3 Å². The van der Waals surface area contributed by atoms with Gasteiger partial charge in [-0.1, -0.05) is 0 Å². The fourth-order valence-corrected chi connectivity index (χ4v) is 3.04. The summed E-state index contributed by atoms with van der Waals surface area (Å²) in [5.74, 6) is 1.83. The highest BCUT2D eigenvalue weighted by Gasteiger charge is 2.25. The summed E-state index contributed by atoms with van der Waals surface area (Å²) >= 11 is 3.40. The highest BCUT2D eigenvalue weighted by molar-refractivity contribution is 9.10. The maximum Gasteiger partial charge on any atom is 0.205 e. The Morgan fingerprint density at radius 3 is 1.88 bits per heavy atom. The lowest BCUT2D eigenvalue weighted by Gasteiger charge is -2.17. The molecule has 0 unspecified atom stereocenters. The van der Waals surface area contributed by atoms with Gasteiger partial charge in [-0.3, -0.25) is 4.79 Å². The van der Waals surface area contributed by atoms with Gasteiger partial charge in [0.25, 0.3) is 0 Å². The van der Waals surface area contributed by atoms with Crippen molar-refractivity contribution in [3.63, 3.8) is 0 Å². The molecule has 134 valence electrons. The maximum atomic E-state index is 13.0. The third kappa shape index (κ3) is 3.51. The van der Waals surface area contributed by atoms with Gasteiger partial charge in [0.15, 0.2) is 28.8 Å². The molecule has 0 saturated heterocycles. The smallest absolute Gasteiger partial charge is 0.205 e. The molecule has 0 aromatic heterocycles. The van der Waals surface area contributed by atoms with Crippen molar-refractivity contribution < 1.29 is 28.5 Å². The van der Waals surface area contributed by atoms with E-state index in [1.54, 1.807) is 24.3 Å². The molecule has 25 heavy (non-hydrogen) atoms. The number of hydrogen-bond donors (Lipinski definition) is 0. The van der Waals surface area contributed by atoms with E-state index in [-0.39, 0.29) is 5.78 Å². The van der Waals surface area contributed by atoms with Crippen LogP contribution in [0.5, 0.6) is 28.7 Å². The topological polar surface area (TPSA) is 63.2 Å². The summed E-state index contributed by atoms with van der Waals surface area (Å²) in [6.45, 7) is 0. The number of hydrogen-bond acceptors (Lipinski definition) is 6. The first-order valence-corrected chi connectivity index (χ1v) is 8.06. The lowest BCUT2D eigenvalue weighted by atomic mass is 10.0. The second-order valence-corrected chi connectivity index (χ2v) is 5.76. The summed E-state index contributed by atoms with van der Waals surface area (Å²) in [4.78, 5) is 13.0.